The molecule has 0 saturated carbocycles. The Morgan fingerprint density at radius 2 is 2.24 bits per heavy atom. The van der Waals surface area contributed by atoms with Crippen LogP contribution in [0.5, 0.6) is 11.5 Å². The number of phenols is 1. The normalized spacial score (nSPS) is 21.8. The first kappa shape index (κ1) is 16.2. The molecule has 25 heavy (non-hydrogen) atoms. The van der Waals surface area contributed by atoms with E-state index in [0.29, 0.717) is 17.9 Å². The van der Waals surface area contributed by atoms with Gasteiger partial charge in [-0.3, -0.25) is 4.79 Å². The van der Waals surface area contributed by atoms with E-state index in [2.05, 4.69) is 17.7 Å². The third-order valence-electron chi connectivity index (χ3n) is 4.76. The standard InChI is InChI=1S/C18H21N3O3S/c1-3-24-10-4-5-11(13(22)8-10)16-19-17(23)15-12-6-7-21(2)9-14(12)25-18(15)20-16/h4-5,8,16,20,22H,3,6-7,9H2,1-2H3,(H,19,23)/p+1/t16-/m1/s1. The molecule has 7 heteroatoms. The molecule has 1 aromatic heterocycles. The van der Waals surface area contributed by atoms with Gasteiger partial charge in [0.25, 0.3) is 5.91 Å². The molecule has 0 saturated heterocycles. The number of phenolic OH excluding ortho intramolecular Hbond substituents is 1. The Morgan fingerprint density at radius 3 is 3.00 bits per heavy atom. The molecule has 1 unspecified atom stereocenters. The first-order valence-corrected chi connectivity index (χ1v) is 9.37. The zero-order chi connectivity index (χ0) is 17.6. The van der Waals surface area contributed by atoms with Crippen molar-refractivity contribution in [3.05, 3.63) is 39.8 Å². The Labute approximate surface area is 150 Å². The van der Waals surface area contributed by atoms with Crippen LogP contribution >= 0.6 is 11.3 Å². The number of hydrogen-bond donors (Lipinski definition) is 4. The van der Waals surface area contributed by atoms with Gasteiger partial charge in [-0.2, -0.15) is 0 Å². The number of benzene rings is 1. The van der Waals surface area contributed by atoms with E-state index >= 15 is 0 Å². The molecular formula is C18H22N3O3S+. The van der Waals surface area contributed by atoms with E-state index in [4.69, 9.17) is 4.74 Å². The van der Waals surface area contributed by atoms with E-state index in [-0.39, 0.29) is 11.7 Å². The fourth-order valence-corrected chi connectivity index (χ4v) is 4.90. The quantitative estimate of drug-likeness (QED) is 0.665. The number of anilines is 1. The Hall–Kier alpha value is -2.25. The molecule has 3 heterocycles. The molecule has 2 aromatic rings. The topological polar surface area (TPSA) is 75.0 Å². The van der Waals surface area contributed by atoms with E-state index in [0.717, 1.165) is 30.1 Å². The largest absolute Gasteiger partial charge is 0.507 e. The summed E-state index contributed by atoms with van der Waals surface area (Å²) in [5.41, 5.74) is 2.61. The number of ether oxygens (including phenoxy) is 1. The van der Waals surface area contributed by atoms with Gasteiger partial charge in [-0.05, 0) is 24.6 Å². The summed E-state index contributed by atoms with van der Waals surface area (Å²) in [6.07, 6.45) is 0.488. The predicted molar refractivity (Wildman–Crippen MR) is 96.6 cm³/mol. The van der Waals surface area contributed by atoms with Crippen LogP contribution in [0.1, 0.15) is 39.5 Å². The smallest absolute Gasteiger partial charge is 0.256 e. The Balaban J connectivity index is 1.65. The third-order valence-corrected chi connectivity index (χ3v) is 5.92. The van der Waals surface area contributed by atoms with Crippen molar-refractivity contribution in [2.45, 2.75) is 26.1 Å². The molecule has 132 valence electrons. The molecule has 4 N–H and O–H groups in total. The minimum Gasteiger partial charge on any atom is -0.507 e. The number of amides is 1. The Morgan fingerprint density at radius 1 is 1.40 bits per heavy atom. The fraction of sp³-hybridized carbons (Fsp3) is 0.389. The number of fused-ring (bicyclic) bond motifs is 3. The average Bonchev–Trinajstić information content (AvgIpc) is 2.92. The van der Waals surface area contributed by atoms with Crippen LogP contribution in [0.15, 0.2) is 18.2 Å². The Bertz CT molecular complexity index is 833. The van der Waals surface area contributed by atoms with E-state index in [1.54, 1.807) is 29.5 Å². The van der Waals surface area contributed by atoms with Crippen LogP contribution in [-0.4, -0.2) is 31.2 Å². The lowest BCUT2D eigenvalue weighted by Gasteiger charge is -2.27. The predicted octanol–water partition coefficient (Wildman–Crippen LogP) is 1.28. The summed E-state index contributed by atoms with van der Waals surface area (Å²) in [6, 6.07) is 5.17. The summed E-state index contributed by atoms with van der Waals surface area (Å²) in [7, 11) is 2.18. The van der Waals surface area contributed by atoms with Crippen LogP contribution in [0.25, 0.3) is 0 Å². The monoisotopic (exact) mass is 360 g/mol. The van der Waals surface area contributed by atoms with Crippen molar-refractivity contribution in [2.75, 3.05) is 25.5 Å². The molecule has 0 aliphatic carbocycles. The van der Waals surface area contributed by atoms with Crippen molar-refractivity contribution in [3.8, 4) is 11.5 Å². The number of thiophene rings is 1. The van der Waals surface area contributed by atoms with Crippen LogP contribution in [0, 0.1) is 0 Å². The minimum atomic E-state index is -0.444. The maximum atomic E-state index is 12.7. The van der Waals surface area contributed by atoms with E-state index in [9.17, 15) is 9.90 Å². The van der Waals surface area contributed by atoms with Crippen LogP contribution in [0.3, 0.4) is 0 Å². The summed E-state index contributed by atoms with van der Waals surface area (Å²) in [5, 5.41) is 17.6. The highest BCUT2D eigenvalue weighted by Gasteiger charge is 2.34. The number of likely N-dealkylation sites (N-methyl/N-ethyl adjacent to an activating group) is 1. The van der Waals surface area contributed by atoms with Crippen molar-refractivity contribution in [2.24, 2.45) is 0 Å². The summed E-state index contributed by atoms with van der Waals surface area (Å²) in [5.74, 6) is 0.658. The van der Waals surface area contributed by atoms with Crippen LogP contribution in [0.2, 0.25) is 0 Å². The second-order valence-electron chi connectivity index (χ2n) is 6.55. The zero-order valence-corrected chi connectivity index (χ0v) is 15.1. The maximum Gasteiger partial charge on any atom is 0.256 e. The van der Waals surface area contributed by atoms with Crippen molar-refractivity contribution in [1.82, 2.24) is 5.32 Å². The van der Waals surface area contributed by atoms with Gasteiger partial charge in [0.15, 0.2) is 0 Å². The summed E-state index contributed by atoms with van der Waals surface area (Å²) in [4.78, 5) is 15.5. The van der Waals surface area contributed by atoms with Crippen molar-refractivity contribution in [1.29, 1.82) is 0 Å². The fourth-order valence-electron chi connectivity index (χ4n) is 3.51. The van der Waals surface area contributed by atoms with Gasteiger partial charge in [-0.1, -0.05) is 0 Å². The molecule has 6 nitrogen and oxygen atoms in total. The molecular weight excluding hydrogens is 338 g/mol. The molecule has 2 aliphatic rings. The van der Waals surface area contributed by atoms with Gasteiger partial charge in [0.1, 0.15) is 29.2 Å². The van der Waals surface area contributed by atoms with Crippen molar-refractivity contribution >= 4 is 22.2 Å². The number of carbonyl (C=O) groups is 1. The van der Waals surface area contributed by atoms with E-state index in [1.807, 2.05) is 6.92 Å². The third kappa shape index (κ3) is 2.83. The first-order valence-electron chi connectivity index (χ1n) is 8.55. The molecule has 2 aliphatic heterocycles. The summed E-state index contributed by atoms with van der Waals surface area (Å²) in [6.45, 7) is 4.44. The van der Waals surface area contributed by atoms with Gasteiger partial charge in [0.05, 0.1) is 30.6 Å². The van der Waals surface area contributed by atoms with E-state index < -0.39 is 6.17 Å². The van der Waals surface area contributed by atoms with Gasteiger partial charge in [-0.25, -0.2) is 0 Å². The second-order valence-corrected chi connectivity index (χ2v) is 7.65. The number of nitrogens with one attached hydrogen (secondary N) is 3. The number of rotatable bonds is 3. The molecule has 0 radical (unpaired) electrons. The first-order chi connectivity index (χ1) is 12.1. The van der Waals surface area contributed by atoms with Gasteiger partial charge in [0, 0.05) is 18.1 Å². The van der Waals surface area contributed by atoms with Gasteiger partial charge in [0.2, 0.25) is 0 Å². The van der Waals surface area contributed by atoms with Gasteiger partial charge >= 0.3 is 0 Å². The van der Waals surface area contributed by atoms with E-state index in [1.165, 1.54) is 15.3 Å². The maximum absolute atomic E-state index is 12.7. The summed E-state index contributed by atoms with van der Waals surface area (Å²) >= 11 is 1.66. The molecule has 2 atom stereocenters. The molecule has 4 rings (SSSR count). The molecule has 1 aromatic carbocycles. The van der Waals surface area contributed by atoms with Gasteiger partial charge < -0.3 is 25.4 Å². The highest BCUT2D eigenvalue weighted by molar-refractivity contribution is 7.16. The van der Waals surface area contributed by atoms with Crippen LogP contribution in [-0.2, 0) is 13.0 Å². The minimum absolute atomic E-state index is 0.0657. The molecule has 0 bridgehead atoms. The SMILES string of the molecule is CCOc1ccc([C@@H]2NC(=O)c3c(sc4c3CC[NH+](C)C4)N2)c(O)c1. The summed E-state index contributed by atoms with van der Waals surface area (Å²) < 4.78 is 5.40. The van der Waals surface area contributed by atoms with Crippen molar-refractivity contribution < 1.29 is 19.5 Å². The van der Waals surface area contributed by atoms with Crippen LogP contribution < -0.4 is 20.3 Å². The molecule has 0 fully saturated rings. The highest BCUT2D eigenvalue weighted by Crippen LogP contribution is 2.40. The zero-order valence-electron chi connectivity index (χ0n) is 14.3. The molecule has 0 spiro atoms. The number of hydrogen-bond acceptors (Lipinski definition) is 5. The number of aromatic hydroxyl groups is 1. The van der Waals surface area contributed by atoms with Crippen LogP contribution in [0.4, 0.5) is 5.00 Å². The average molecular weight is 360 g/mol. The second kappa shape index (κ2) is 6.24. The lowest BCUT2D eigenvalue weighted by Crippen LogP contribution is -3.08. The molecule has 1 amide bonds. The highest BCUT2D eigenvalue weighted by atomic mass is 32.1. The number of carbonyl (C=O) groups excluding carboxylic acids is 1. The van der Waals surface area contributed by atoms with Gasteiger partial charge in [-0.15, -0.1) is 11.3 Å². The number of quaternary nitrogens is 1. The lowest BCUT2D eigenvalue weighted by molar-refractivity contribution is -0.895. The lowest BCUT2D eigenvalue weighted by atomic mass is 10.0. The van der Waals surface area contributed by atoms with Crippen molar-refractivity contribution in [3.63, 3.8) is 0 Å². The Kier molecular flexibility index (Phi) is 4.05.